The smallest absolute Gasteiger partial charge is 0.0445 e. The van der Waals surface area contributed by atoms with Gasteiger partial charge >= 0.3 is 0 Å². The molecule has 1 rings (SSSR count). The Morgan fingerprint density at radius 2 is 2.07 bits per heavy atom. The Bertz CT molecular complexity index is 119. The van der Waals surface area contributed by atoms with Crippen LogP contribution in [0.15, 0.2) is 0 Å². The molecule has 0 aromatic rings. The Morgan fingerprint density at radius 1 is 1.29 bits per heavy atom. The second kappa shape index (κ2) is 10.5. The first-order chi connectivity index (χ1) is 6.43. The Labute approximate surface area is 103 Å². The first kappa shape index (κ1) is 14.9. The minimum Gasteiger partial charge on any atom is -0.293 e. The number of rotatable bonds is 7. The van der Waals surface area contributed by atoms with Crippen LogP contribution in [0, 0.1) is 0 Å². The van der Waals surface area contributed by atoms with E-state index in [2.05, 4.69) is 35.3 Å². The van der Waals surface area contributed by atoms with E-state index in [4.69, 9.17) is 0 Å². The van der Waals surface area contributed by atoms with Gasteiger partial charge < -0.3 is 0 Å². The maximum Gasteiger partial charge on any atom is 0.0445 e. The second-order valence-corrected chi connectivity index (χ2v) is 5.77. The molecule has 1 aliphatic heterocycles. The zero-order chi connectivity index (χ0) is 9.36. The molecule has 0 aliphatic carbocycles. The lowest BCUT2D eigenvalue weighted by Crippen LogP contribution is -2.21. The molecule has 0 N–H and O–H groups in total. The average molecular weight is 256 g/mol. The van der Waals surface area contributed by atoms with Crippen LogP contribution in [0.5, 0.6) is 0 Å². The first-order valence-corrected chi connectivity index (χ1v) is 7.62. The molecule has 1 aliphatic rings. The number of hydrogen-bond donors (Lipinski definition) is 0. The molecule has 14 heavy (non-hydrogen) atoms. The molecule has 1 heterocycles. The summed E-state index contributed by atoms with van der Waals surface area (Å²) in [5.74, 6) is 5.36. The van der Waals surface area contributed by atoms with Gasteiger partial charge in [0.15, 0.2) is 0 Å². The van der Waals surface area contributed by atoms with Crippen LogP contribution in [0.3, 0.4) is 0 Å². The molecular formula is C10H22ClNS2. The van der Waals surface area contributed by atoms with Crippen molar-refractivity contribution < 1.29 is 0 Å². The second-order valence-electron chi connectivity index (χ2n) is 3.47. The predicted octanol–water partition coefficient (Wildman–Crippen LogP) is 3.34. The van der Waals surface area contributed by atoms with Crippen molar-refractivity contribution in [2.45, 2.75) is 26.2 Å². The molecule has 1 nitrogen and oxygen atoms in total. The van der Waals surface area contributed by atoms with E-state index < -0.39 is 0 Å². The normalized spacial score (nSPS) is 16.9. The molecule has 0 spiro atoms. The summed E-state index contributed by atoms with van der Waals surface area (Å²) in [7, 11) is 0. The molecule has 4 heteroatoms. The van der Waals surface area contributed by atoms with Gasteiger partial charge in [-0.15, -0.1) is 24.2 Å². The largest absolute Gasteiger partial charge is 0.293 e. The lowest BCUT2D eigenvalue weighted by molar-refractivity contribution is 0.358. The first-order valence-electron chi connectivity index (χ1n) is 5.31. The standard InChI is InChI=1S/C10H21NS2.ClH/c1-2-3-7-12-8-4-5-11-6-9-13-10-11;/h2-10H2,1H3;1H. The molecule has 0 aromatic heterocycles. The molecule has 0 aromatic carbocycles. The Balaban J connectivity index is 0.00000169. The lowest BCUT2D eigenvalue weighted by atomic mass is 10.4. The molecule has 1 saturated heterocycles. The summed E-state index contributed by atoms with van der Waals surface area (Å²) in [6.07, 6.45) is 4.12. The van der Waals surface area contributed by atoms with Crippen LogP contribution in [0.2, 0.25) is 0 Å². The molecule has 1 fully saturated rings. The predicted molar refractivity (Wildman–Crippen MR) is 73.0 cm³/mol. The lowest BCUT2D eigenvalue weighted by Gasteiger charge is -2.12. The van der Waals surface area contributed by atoms with Crippen LogP contribution < -0.4 is 0 Å². The van der Waals surface area contributed by atoms with Crippen LogP contribution in [-0.4, -0.2) is 41.1 Å². The van der Waals surface area contributed by atoms with Crippen molar-refractivity contribution in [2.24, 2.45) is 0 Å². The summed E-state index contributed by atoms with van der Waals surface area (Å²) in [6, 6.07) is 0. The fraction of sp³-hybridized carbons (Fsp3) is 1.00. The molecule has 0 unspecified atom stereocenters. The maximum absolute atomic E-state index is 2.57. The van der Waals surface area contributed by atoms with Crippen LogP contribution in [-0.2, 0) is 0 Å². The number of unbranched alkanes of at least 4 members (excludes halogenated alkanes) is 1. The van der Waals surface area contributed by atoms with Crippen molar-refractivity contribution in [1.29, 1.82) is 0 Å². The number of nitrogens with zero attached hydrogens (tertiary/aromatic N) is 1. The van der Waals surface area contributed by atoms with Crippen molar-refractivity contribution in [3.8, 4) is 0 Å². The van der Waals surface area contributed by atoms with Crippen molar-refractivity contribution >= 4 is 35.9 Å². The van der Waals surface area contributed by atoms with Gasteiger partial charge in [0, 0.05) is 18.2 Å². The van der Waals surface area contributed by atoms with Crippen molar-refractivity contribution in [3.05, 3.63) is 0 Å². The van der Waals surface area contributed by atoms with E-state index in [1.54, 1.807) is 0 Å². The van der Waals surface area contributed by atoms with Gasteiger partial charge in [0.1, 0.15) is 0 Å². The molecule has 0 bridgehead atoms. The maximum atomic E-state index is 2.57. The molecule has 0 radical (unpaired) electrons. The summed E-state index contributed by atoms with van der Waals surface area (Å²) in [4.78, 5) is 2.57. The highest BCUT2D eigenvalue weighted by molar-refractivity contribution is 7.99. The summed E-state index contributed by atoms with van der Waals surface area (Å²) in [5, 5.41) is 0. The number of halogens is 1. The fourth-order valence-corrected chi connectivity index (χ4v) is 3.43. The fourth-order valence-electron chi connectivity index (χ4n) is 1.37. The van der Waals surface area contributed by atoms with Crippen molar-refractivity contribution in [3.63, 3.8) is 0 Å². The topological polar surface area (TPSA) is 3.24 Å². The summed E-state index contributed by atoms with van der Waals surface area (Å²) in [5.41, 5.74) is 0. The number of thioether (sulfide) groups is 2. The monoisotopic (exact) mass is 255 g/mol. The van der Waals surface area contributed by atoms with E-state index in [1.165, 1.54) is 55.5 Å². The Kier molecular flexibility index (Phi) is 11.2. The zero-order valence-electron chi connectivity index (χ0n) is 9.04. The minimum atomic E-state index is 0. The highest BCUT2D eigenvalue weighted by atomic mass is 35.5. The summed E-state index contributed by atoms with van der Waals surface area (Å²) in [6.45, 7) is 4.92. The van der Waals surface area contributed by atoms with E-state index in [0.29, 0.717) is 0 Å². The van der Waals surface area contributed by atoms with Gasteiger partial charge in [0.05, 0.1) is 0 Å². The highest BCUT2D eigenvalue weighted by Gasteiger charge is 2.10. The van der Waals surface area contributed by atoms with Crippen LogP contribution >= 0.6 is 35.9 Å². The van der Waals surface area contributed by atoms with Crippen LogP contribution in [0.1, 0.15) is 26.2 Å². The Morgan fingerprint density at radius 3 is 2.71 bits per heavy atom. The van der Waals surface area contributed by atoms with Gasteiger partial charge in [0.2, 0.25) is 0 Å². The van der Waals surface area contributed by atoms with E-state index in [1.807, 2.05) is 0 Å². The molecule has 86 valence electrons. The third-order valence-electron chi connectivity index (χ3n) is 2.23. The number of hydrogen-bond acceptors (Lipinski definition) is 3. The summed E-state index contributed by atoms with van der Waals surface area (Å²) >= 11 is 4.20. The molecular weight excluding hydrogens is 234 g/mol. The zero-order valence-corrected chi connectivity index (χ0v) is 11.5. The molecule has 0 saturated carbocycles. The molecule has 0 atom stereocenters. The van der Waals surface area contributed by atoms with E-state index in [0.717, 1.165) is 0 Å². The quantitative estimate of drug-likeness (QED) is 0.643. The SMILES string of the molecule is CCCCSCCCN1CCSC1.Cl. The summed E-state index contributed by atoms with van der Waals surface area (Å²) < 4.78 is 0. The highest BCUT2D eigenvalue weighted by Crippen LogP contribution is 2.14. The van der Waals surface area contributed by atoms with Crippen molar-refractivity contribution in [1.82, 2.24) is 4.90 Å². The van der Waals surface area contributed by atoms with Gasteiger partial charge in [-0.25, -0.2) is 0 Å². The minimum absolute atomic E-state index is 0. The third kappa shape index (κ3) is 7.27. The van der Waals surface area contributed by atoms with Gasteiger partial charge in [-0.05, 0) is 30.9 Å². The van der Waals surface area contributed by atoms with E-state index in [9.17, 15) is 0 Å². The van der Waals surface area contributed by atoms with Gasteiger partial charge in [-0.3, -0.25) is 4.90 Å². The van der Waals surface area contributed by atoms with Crippen LogP contribution in [0.25, 0.3) is 0 Å². The van der Waals surface area contributed by atoms with Gasteiger partial charge in [-0.1, -0.05) is 13.3 Å². The van der Waals surface area contributed by atoms with E-state index in [-0.39, 0.29) is 12.4 Å². The van der Waals surface area contributed by atoms with E-state index >= 15 is 0 Å². The third-order valence-corrected chi connectivity index (χ3v) is 4.40. The van der Waals surface area contributed by atoms with Gasteiger partial charge in [0.25, 0.3) is 0 Å². The van der Waals surface area contributed by atoms with Crippen molar-refractivity contribution in [2.75, 3.05) is 36.2 Å². The molecule has 0 amide bonds. The van der Waals surface area contributed by atoms with Crippen LogP contribution in [0.4, 0.5) is 0 Å². The Hall–Kier alpha value is 0.950. The van der Waals surface area contributed by atoms with Gasteiger partial charge in [-0.2, -0.15) is 11.8 Å². The average Bonchev–Trinajstić information content (AvgIpc) is 2.63.